The number of halogens is 1. The zero-order valence-corrected chi connectivity index (χ0v) is 14.9. The Balaban J connectivity index is 2.91. The number of aliphatic hydroxyl groups is 2. The predicted molar refractivity (Wildman–Crippen MR) is 92.0 cm³/mol. The summed E-state index contributed by atoms with van der Waals surface area (Å²) in [6, 6.07) is 1.92. The average Bonchev–Trinajstić information content (AvgIpc) is 2.48. The Morgan fingerprint density at radius 2 is 1.73 bits per heavy atom. The highest BCUT2D eigenvalue weighted by Gasteiger charge is 2.19. The summed E-state index contributed by atoms with van der Waals surface area (Å²) >= 11 is 6.29. The summed E-state index contributed by atoms with van der Waals surface area (Å²) in [5.41, 5.74) is 3.05. The monoisotopic (exact) mass is 328 g/mol. The highest BCUT2D eigenvalue weighted by molar-refractivity contribution is 6.31. The van der Waals surface area contributed by atoms with E-state index in [-0.39, 0.29) is 0 Å². The van der Waals surface area contributed by atoms with Crippen molar-refractivity contribution in [3.8, 4) is 5.75 Å². The molecule has 0 heterocycles. The first-order chi connectivity index (χ1) is 10.4. The van der Waals surface area contributed by atoms with Gasteiger partial charge < -0.3 is 14.9 Å². The van der Waals surface area contributed by atoms with Crippen LogP contribution in [0.1, 0.15) is 56.2 Å². The van der Waals surface area contributed by atoms with Gasteiger partial charge in [-0.25, -0.2) is 0 Å². The number of hydrogen-bond donors (Lipinski definition) is 2. The van der Waals surface area contributed by atoms with Gasteiger partial charge in [0, 0.05) is 5.02 Å². The van der Waals surface area contributed by atoms with Crippen molar-refractivity contribution in [2.75, 3.05) is 6.61 Å². The molecule has 126 valence electrons. The van der Waals surface area contributed by atoms with Crippen LogP contribution in [0.25, 0.3) is 0 Å². The largest absolute Gasteiger partial charge is 0.493 e. The van der Waals surface area contributed by atoms with E-state index in [1.165, 1.54) is 0 Å². The van der Waals surface area contributed by atoms with Crippen molar-refractivity contribution in [3.05, 3.63) is 27.8 Å². The van der Waals surface area contributed by atoms with E-state index in [1.54, 1.807) is 0 Å². The Morgan fingerprint density at radius 1 is 1.09 bits per heavy atom. The van der Waals surface area contributed by atoms with Crippen LogP contribution < -0.4 is 4.74 Å². The van der Waals surface area contributed by atoms with Gasteiger partial charge >= 0.3 is 0 Å². The number of ether oxygens (including phenoxy) is 1. The zero-order chi connectivity index (χ0) is 16.7. The molecule has 2 unspecified atom stereocenters. The van der Waals surface area contributed by atoms with Gasteiger partial charge in [-0.3, -0.25) is 0 Å². The van der Waals surface area contributed by atoms with Crippen molar-refractivity contribution in [1.29, 1.82) is 0 Å². The maximum Gasteiger partial charge on any atom is 0.125 e. The molecule has 0 aliphatic heterocycles. The lowest BCUT2D eigenvalue weighted by atomic mass is 9.95. The fraction of sp³-hybridized carbons (Fsp3) is 0.667. The summed E-state index contributed by atoms with van der Waals surface area (Å²) < 4.78 is 5.89. The molecule has 0 aliphatic carbocycles. The van der Waals surface area contributed by atoms with Gasteiger partial charge in [-0.1, -0.05) is 31.9 Å². The molecule has 0 radical (unpaired) electrons. The summed E-state index contributed by atoms with van der Waals surface area (Å²) in [5.74, 6) is 0.876. The smallest absolute Gasteiger partial charge is 0.125 e. The Labute approximate surface area is 139 Å². The second-order valence-corrected chi connectivity index (χ2v) is 6.33. The normalized spacial score (nSPS) is 14.0. The van der Waals surface area contributed by atoms with Crippen LogP contribution in [0.15, 0.2) is 6.07 Å². The van der Waals surface area contributed by atoms with Crippen LogP contribution in [-0.2, 0) is 6.42 Å². The Kier molecular flexibility index (Phi) is 8.23. The lowest BCUT2D eigenvalue weighted by Crippen LogP contribution is -2.26. The van der Waals surface area contributed by atoms with E-state index in [0.717, 1.165) is 40.3 Å². The first kappa shape index (κ1) is 19.3. The molecule has 1 aromatic rings. The second kappa shape index (κ2) is 9.39. The van der Waals surface area contributed by atoms with Crippen LogP contribution >= 0.6 is 11.6 Å². The van der Waals surface area contributed by atoms with E-state index in [9.17, 15) is 10.2 Å². The molecule has 0 aliphatic rings. The maximum absolute atomic E-state index is 10.1. The van der Waals surface area contributed by atoms with Crippen molar-refractivity contribution < 1.29 is 14.9 Å². The van der Waals surface area contributed by atoms with Gasteiger partial charge in [-0.2, -0.15) is 0 Å². The Morgan fingerprint density at radius 3 is 2.32 bits per heavy atom. The first-order valence-electron chi connectivity index (χ1n) is 8.19. The van der Waals surface area contributed by atoms with Crippen molar-refractivity contribution in [2.45, 2.75) is 72.0 Å². The number of benzene rings is 1. The third kappa shape index (κ3) is 5.15. The summed E-state index contributed by atoms with van der Waals surface area (Å²) in [7, 11) is 0. The molecule has 2 atom stereocenters. The van der Waals surface area contributed by atoms with E-state index in [4.69, 9.17) is 16.3 Å². The van der Waals surface area contributed by atoms with E-state index in [1.807, 2.05) is 26.8 Å². The van der Waals surface area contributed by atoms with Gasteiger partial charge in [0.05, 0.1) is 18.8 Å². The molecular formula is C18H29ClO3. The van der Waals surface area contributed by atoms with E-state index >= 15 is 0 Å². The minimum atomic E-state index is -0.710. The van der Waals surface area contributed by atoms with E-state index in [2.05, 4.69) is 6.92 Å². The van der Waals surface area contributed by atoms with Crippen LogP contribution in [0, 0.1) is 13.8 Å². The molecule has 4 heteroatoms. The predicted octanol–water partition coefficient (Wildman–Crippen LogP) is 4.20. The summed E-state index contributed by atoms with van der Waals surface area (Å²) in [6.45, 7) is 8.70. The third-order valence-corrected chi connectivity index (χ3v) is 4.35. The van der Waals surface area contributed by atoms with Crippen molar-refractivity contribution in [1.82, 2.24) is 0 Å². The maximum atomic E-state index is 10.1. The lowest BCUT2D eigenvalue weighted by molar-refractivity contribution is 0.00970. The fourth-order valence-electron chi connectivity index (χ4n) is 2.60. The molecule has 0 spiro atoms. The van der Waals surface area contributed by atoms with Gasteiger partial charge in [-0.05, 0) is 62.3 Å². The van der Waals surface area contributed by atoms with Crippen molar-refractivity contribution >= 4 is 11.6 Å². The highest BCUT2D eigenvalue weighted by atomic mass is 35.5. The molecule has 1 aromatic carbocycles. The molecule has 3 nitrogen and oxygen atoms in total. The SMILES string of the molecule is CCCOc1c(C)cc(Cl)c(C)c1CCC(O)C(O)CCC. The summed E-state index contributed by atoms with van der Waals surface area (Å²) in [6.07, 6.45) is 2.20. The third-order valence-electron chi connectivity index (χ3n) is 3.96. The van der Waals surface area contributed by atoms with E-state index in [0.29, 0.717) is 25.9 Å². The van der Waals surface area contributed by atoms with Crippen LogP contribution in [0.4, 0.5) is 0 Å². The molecule has 0 aromatic heterocycles. The minimum Gasteiger partial charge on any atom is -0.493 e. The van der Waals surface area contributed by atoms with Gasteiger partial charge in [-0.15, -0.1) is 0 Å². The lowest BCUT2D eigenvalue weighted by Gasteiger charge is -2.21. The molecule has 0 saturated carbocycles. The minimum absolute atomic E-state index is 0.504. The molecule has 0 bridgehead atoms. The average molecular weight is 329 g/mol. The quantitative estimate of drug-likeness (QED) is 0.714. The summed E-state index contributed by atoms with van der Waals surface area (Å²) in [4.78, 5) is 0. The van der Waals surface area contributed by atoms with Gasteiger partial charge in [0.15, 0.2) is 0 Å². The van der Waals surface area contributed by atoms with Gasteiger partial charge in [0.2, 0.25) is 0 Å². The number of aryl methyl sites for hydroxylation is 1. The molecular weight excluding hydrogens is 300 g/mol. The fourth-order valence-corrected chi connectivity index (χ4v) is 2.87. The molecule has 0 amide bonds. The zero-order valence-electron chi connectivity index (χ0n) is 14.2. The van der Waals surface area contributed by atoms with E-state index < -0.39 is 12.2 Å². The van der Waals surface area contributed by atoms with Crippen LogP contribution in [0.2, 0.25) is 5.02 Å². The topological polar surface area (TPSA) is 49.7 Å². The molecule has 1 rings (SSSR count). The summed E-state index contributed by atoms with van der Waals surface area (Å²) in [5, 5.41) is 20.7. The van der Waals surface area contributed by atoms with Crippen LogP contribution in [-0.4, -0.2) is 29.0 Å². The van der Waals surface area contributed by atoms with Gasteiger partial charge in [0.25, 0.3) is 0 Å². The van der Waals surface area contributed by atoms with Gasteiger partial charge in [0.1, 0.15) is 5.75 Å². The Bertz CT molecular complexity index is 474. The molecule has 0 fully saturated rings. The van der Waals surface area contributed by atoms with Crippen molar-refractivity contribution in [2.24, 2.45) is 0 Å². The number of hydrogen-bond acceptors (Lipinski definition) is 3. The standard InChI is InChI=1S/C18H29ClO3/c1-5-7-16(20)17(21)9-8-14-13(4)15(19)11-12(3)18(14)22-10-6-2/h11,16-17,20-21H,5-10H2,1-4H3. The molecule has 0 saturated heterocycles. The number of rotatable bonds is 9. The van der Waals surface area contributed by atoms with Crippen molar-refractivity contribution in [3.63, 3.8) is 0 Å². The number of aliphatic hydroxyl groups excluding tert-OH is 2. The highest BCUT2D eigenvalue weighted by Crippen LogP contribution is 2.33. The second-order valence-electron chi connectivity index (χ2n) is 5.92. The molecule has 22 heavy (non-hydrogen) atoms. The van der Waals surface area contributed by atoms with Crippen LogP contribution in [0.5, 0.6) is 5.75 Å². The van der Waals surface area contributed by atoms with Crippen LogP contribution in [0.3, 0.4) is 0 Å². The Hall–Kier alpha value is -0.770. The molecule has 2 N–H and O–H groups in total. The first-order valence-corrected chi connectivity index (χ1v) is 8.57.